The number of halogens is 3. The lowest BCUT2D eigenvalue weighted by Crippen LogP contribution is -2.11. The Kier molecular flexibility index (Phi) is 3.65. The number of nitrogens with zero attached hydrogens (tertiary/aromatic N) is 1. The molecular formula is C14H8BrClFN3O. The summed E-state index contributed by atoms with van der Waals surface area (Å²) in [6.07, 6.45) is 3.30. The molecule has 3 rings (SSSR count). The predicted molar refractivity (Wildman–Crippen MR) is 83.2 cm³/mol. The van der Waals surface area contributed by atoms with Crippen molar-refractivity contribution in [3.63, 3.8) is 0 Å². The summed E-state index contributed by atoms with van der Waals surface area (Å²) in [5.74, 6) is -0.939. The second-order valence-corrected chi connectivity index (χ2v) is 5.66. The molecule has 0 atom stereocenters. The average molecular weight is 369 g/mol. The zero-order valence-electron chi connectivity index (χ0n) is 10.5. The van der Waals surface area contributed by atoms with Gasteiger partial charge in [-0.15, -0.1) is 0 Å². The van der Waals surface area contributed by atoms with Gasteiger partial charge in [-0.2, -0.15) is 0 Å². The van der Waals surface area contributed by atoms with Crippen molar-refractivity contribution in [3.8, 4) is 0 Å². The second kappa shape index (κ2) is 5.46. The summed E-state index contributed by atoms with van der Waals surface area (Å²) in [7, 11) is 0. The van der Waals surface area contributed by atoms with Crippen LogP contribution in [0, 0.1) is 5.82 Å². The van der Waals surface area contributed by atoms with Gasteiger partial charge >= 0.3 is 0 Å². The van der Waals surface area contributed by atoms with Crippen LogP contribution in [-0.4, -0.2) is 15.9 Å². The van der Waals surface area contributed by atoms with Crippen LogP contribution < -0.4 is 5.32 Å². The van der Waals surface area contributed by atoms with E-state index in [1.807, 2.05) is 6.07 Å². The van der Waals surface area contributed by atoms with E-state index in [9.17, 15) is 9.18 Å². The van der Waals surface area contributed by atoms with E-state index in [0.717, 1.165) is 15.9 Å². The van der Waals surface area contributed by atoms with Crippen molar-refractivity contribution in [2.45, 2.75) is 0 Å². The van der Waals surface area contributed by atoms with Crippen LogP contribution in [0.15, 0.2) is 41.1 Å². The van der Waals surface area contributed by atoms with E-state index in [-0.39, 0.29) is 16.5 Å². The summed E-state index contributed by atoms with van der Waals surface area (Å²) in [6, 6.07) is 5.66. The van der Waals surface area contributed by atoms with E-state index in [1.54, 1.807) is 12.4 Å². The largest absolute Gasteiger partial charge is 0.344 e. The topological polar surface area (TPSA) is 57.8 Å². The van der Waals surface area contributed by atoms with Crippen LogP contribution in [0.1, 0.15) is 10.4 Å². The van der Waals surface area contributed by atoms with Crippen molar-refractivity contribution in [2.75, 3.05) is 5.32 Å². The molecule has 21 heavy (non-hydrogen) atoms. The summed E-state index contributed by atoms with van der Waals surface area (Å²) in [6.45, 7) is 0. The number of fused-ring (bicyclic) bond motifs is 1. The average Bonchev–Trinajstić information content (AvgIpc) is 2.84. The number of hydrogen-bond acceptors (Lipinski definition) is 2. The minimum Gasteiger partial charge on any atom is -0.344 e. The number of anilines is 1. The van der Waals surface area contributed by atoms with E-state index in [1.165, 1.54) is 12.1 Å². The fourth-order valence-electron chi connectivity index (χ4n) is 1.91. The number of carbonyl (C=O) groups is 1. The molecule has 0 fully saturated rings. The summed E-state index contributed by atoms with van der Waals surface area (Å²) in [4.78, 5) is 19.3. The van der Waals surface area contributed by atoms with Crippen molar-refractivity contribution >= 4 is 50.2 Å². The van der Waals surface area contributed by atoms with Crippen molar-refractivity contribution in [1.82, 2.24) is 9.97 Å². The van der Waals surface area contributed by atoms with E-state index in [4.69, 9.17) is 11.6 Å². The highest BCUT2D eigenvalue weighted by Crippen LogP contribution is 2.25. The molecular weight excluding hydrogens is 361 g/mol. The van der Waals surface area contributed by atoms with Crippen LogP contribution in [0.3, 0.4) is 0 Å². The van der Waals surface area contributed by atoms with Gasteiger partial charge < -0.3 is 10.3 Å². The fraction of sp³-hybridized carbons (Fsp3) is 0. The van der Waals surface area contributed by atoms with Crippen LogP contribution in [0.2, 0.25) is 5.02 Å². The number of benzene rings is 1. The summed E-state index contributed by atoms with van der Waals surface area (Å²) in [5, 5.41) is 3.42. The van der Waals surface area contributed by atoms with Crippen molar-refractivity contribution < 1.29 is 9.18 Å². The lowest BCUT2D eigenvalue weighted by atomic mass is 10.2. The summed E-state index contributed by atoms with van der Waals surface area (Å²) in [5.41, 5.74) is 1.52. The van der Waals surface area contributed by atoms with Gasteiger partial charge in [-0.25, -0.2) is 9.37 Å². The molecule has 7 heteroatoms. The van der Waals surface area contributed by atoms with E-state index in [0.29, 0.717) is 11.3 Å². The standard InChI is InChI=1S/C14H8BrClFN3O/c15-8-4-9-12(6-19-13(9)18-5-8)20-14(21)7-1-2-11(17)10(16)3-7/h1-6H,(H,18,19)(H,20,21). The number of nitrogens with one attached hydrogen (secondary N) is 2. The Balaban J connectivity index is 1.92. The zero-order valence-corrected chi connectivity index (χ0v) is 12.8. The highest BCUT2D eigenvalue weighted by molar-refractivity contribution is 9.10. The molecule has 2 aromatic heterocycles. The van der Waals surface area contributed by atoms with Gasteiger partial charge in [0.25, 0.3) is 5.91 Å². The lowest BCUT2D eigenvalue weighted by Gasteiger charge is -2.05. The molecule has 0 saturated heterocycles. The van der Waals surface area contributed by atoms with Gasteiger partial charge in [0, 0.05) is 27.8 Å². The first-order chi connectivity index (χ1) is 10.0. The van der Waals surface area contributed by atoms with E-state index < -0.39 is 5.82 Å². The van der Waals surface area contributed by atoms with E-state index >= 15 is 0 Å². The third-order valence-electron chi connectivity index (χ3n) is 2.93. The molecule has 3 aromatic rings. The molecule has 0 radical (unpaired) electrons. The Bertz CT molecular complexity index is 849. The predicted octanol–water partition coefficient (Wildman–Crippen LogP) is 4.37. The number of aromatic nitrogens is 2. The molecule has 0 saturated carbocycles. The van der Waals surface area contributed by atoms with Crippen LogP contribution in [-0.2, 0) is 0 Å². The van der Waals surface area contributed by atoms with Gasteiger partial charge in [-0.05, 0) is 40.2 Å². The number of hydrogen-bond donors (Lipinski definition) is 2. The smallest absolute Gasteiger partial charge is 0.255 e. The molecule has 2 N–H and O–H groups in total. The Labute approximate surface area is 132 Å². The van der Waals surface area contributed by atoms with Crippen LogP contribution in [0.5, 0.6) is 0 Å². The Morgan fingerprint density at radius 2 is 2.19 bits per heavy atom. The third-order valence-corrected chi connectivity index (χ3v) is 3.65. The number of carbonyl (C=O) groups excluding carboxylic acids is 1. The number of amides is 1. The summed E-state index contributed by atoms with van der Waals surface area (Å²) >= 11 is 9.01. The van der Waals surface area contributed by atoms with E-state index in [2.05, 4.69) is 31.2 Å². The number of aromatic amines is 1. The molecule has 106 valence electrons. The quantitative estimate of drug-likeness (QED) is 0.705. The minimum absolute atomic E-state index is 0.0917. The Morgan fingerprint density at radius 1 is 1.38 bits per heavy atom. The highest BCUT2D eigenvalue weighted by Gasteiger charge is 2.12. The van der Waals surface area contributed by atoms with Crippen LogP contribution in [0.4, 0.5) is 10.1 Å². The molecule has 4 nitrogen and oxygen atoms in total. The Morgan fingerprint density at radius 3 is 2.95 bits per heavy atom. The first-order valence-electron chi connectivity index (χ1n) is 5.93. The van der Waals surface area contributed by atoms with Gasteiger partial charge in [0.2, 0.25) is 0 Å². The first-order valence-corrected chi connectivity index (χ1v) is 7.11. The van der Waals surface area contributed by atoms with Crippen molar-refractivity contribution in [1.29, 1.82) is 0 Å². The van der Waals surface area contributed by atoms with Gasteiger partial charge in [0.15, 0.2) is 0 Å². The fourth-order valence-corrected chi connectivity index (χ4v) is 2.42. The maximum Gasteiger partial charge on any atom is 0.255 e. The highest BCUT2D eigenvalue weighted by atomic mass is 79.9. The third kappa shape index (κ3) is 2.77. The molecule has 1 amide bonds. The molecule has 0 bridgehead atoms. The van der Waals surface area contributed by atoms with Gasteiger partial charge in [0.1, 0.15) is 11.5 Å². The number of pyridine rings is 1. The minimum atomic E-state index is -0.562. The maximum absolute atomic E-state index is 13.1. The molecule has 2 heterocycles. The second-order valence-electron chi connectivity index (χ2n) is 4.34. The van der Waals surface area contributed by atoms with Crippen molar-refractivity contribution in [2.24, 2.45) is 0 Å². The van der Waals surface area contributed by atoms with Gasteiger partial charge in [-0.1, -0.05) is 11.6 Å². The van der Waals surface area contributed by atoms with Crippen LogP contribution >= 0.6 is 27.5 Å². The van der Waals surface area contributed by atoms with Crippen molar-refractivity contribution in [3.05, 3.63) is 57.5 Å². The molecule has 0 unspecified atom stereocenters. The Hall–Kier alpha value is -1.92. The SMILES string of the molecule is O=C(Nc1c[nH]c2ncc(Br)cc12)c1ccc(F)c(Cl)c1. The van der Waals surface area contributed by atoms with Crippen LogP contribution in [0.25, 0.3) is 11.0 Å². The number of H-pyrrole nitrogens is 1. The molecule has 0 aliphatic rings. The molecule has 0 aliphatic heterocycles. The molecule has 0 aliphatic carbocycles. The molecule has 0 spiro atoms. The summed E-state index contributed by atoms with van der Waals surface area (Å²) < 4.78 is 13.9. The molecule has 1 aromatic carbocycles. The normalized spacial score (nSPS) is 10.8. The van der Waals surface area contributed by atoms with Gasteiger partial charge in [0.05, 0.1) is 10.7 Å². The monoisotopic (exact) mass is 367 g/mol. The lowest BCUT2D eigenvalue weighted by molar-refractivity contribution is 0.102. The number of rotatable bonds is 2. The van der Waals surface area contributed by atoms with Gasteiger partial charge in [-0.3, -0.25) is 4.79 Å². The first kappa shape index (κ1) is 14.0. The zero-order chi connectivity index (χ0) is 15.0. The maximum atomic E-state index is 13.1.